The van der Waals surface area contributed by atoms with E-state index in [1.807, 2.05) is 0 Å². The van der Waals surface area contributed by atoms with Gasteiger partial charge in [0.05, 0.1) is 6.10 Å². The first kappa shape index (κ1) is 13.5. The molecule has 0 bridgehead atoms. The van der Waals surface area contributed by atoms with Crippen LogP contribution in [-0.2, 0) is 4.74 Å². The van der Waals surface area contributed by atoms with Crippen LogP contribution in [0.4, 0.5) is 17.6 Å². The van der Waals surface area contributed by atoms with Gasteiger partial charge in [0.1, 0.15) is 5.57 Å². The molecule has 0 amide bonds. The molecule has 0 N–H and O–H groups in total. The maximum atomic E-state index is 13.4. The molecule has 1 aromatic rings. The van der Waals surface area contributed by atoms with E-state index in [1.54, 1.807) is 6.07 Å². The van der Waals surface area contributed by atoms with Crippen LogP contribution < -0.4 is 0 Å². The standard InChI is InChI=1S/C12H12F4O/c1-8(2)17-11(13)10(12(14,15)16)9-6-4-3-5-7-9/h3-8H,1-2H3/b11-10-. The average Bonchev–Trinajstić information content (AvgIpc) is 2.15. The SMILES string of the molecule is CC(C)O/C(F)=C(/c1ccccc1)C(F)(F)F. The number of hydrogen-bond acceptors (Lipinski definition) is 1. The maximum Gasteiger partial charge on any atom is 0.422 e. The van der Waals surface area contributed by atoms with Crippen molar-refractivity contribution >= 4 is 5.57 Å². The van der Waals surface area contributed by atoms with E-state index in [2.05, 4.69) is 4.74 Å². The molecule has 0 atom stereocenters. The molecule has 0 spiro atoms. The number of hydrogen-bond donors (Lipinski definition) is 0. The van der Waals surface area contributed by atoms with E-state index in [9.17, 15) is 17.6 Å². The smallest absolute Gasteiger partial charge is 0.422 e. The Morgan fingerprint density at radius 1 is 1.12 bits per heavy atom. The van der Waals surface area contributed by atoms with E-state index in [0.29, 0.717) is 0 Å². The van der Waals surface area contributed by atoms with Gasteiger partial charge in [-0.05, 0) is 19.4 Å². The molecule has 0 aliphatic carbocycles. The fourth-order valence-corrected chi connectivity index (χ4v) is 1.26. The highest BCUT2D eigenvalue weighted by Crippen LogP contribution is 2.37. The lowest BCUT2D eigenvalue weighted by molar-refractivity contribution is -0.0740. The Morgan fingerprint density at radius 3 is 2.06 bits per heavy atom. The second-order valence-corrected chi connectivity index (χ2v) is 3.68. The van der Waals surface area contributed by atoms with Gasteiger partial charge in [0.25, 0.3) is 6.01 Å². The van der Waals surface area contributed by atoms with Crippen LogP contribution in [0, 0.1) is 0 Å². The first-order valence-corrected chi connectivity index (χ1v) is 5.01. The Bertz CT molecular complexity index is 393. The van der Waals surface area contributed by atoms with Crippen molar-refractivity contribution in [1.29, 1.82) is 0 Å². The fraction of sp³-hybridized carbons (Fsp3) is 0.333. The predicted molar refractivity (Wildman–Crippen MR) is 56.7 cm³/mol. The van der Waals surface area contributed by atoms with Crippen LogP contribution >= 0.6 is 0 Å². The first-order valence-electron chi connectivity index (χ1n) is 5.01. The Balaban J connectivity index is 3.23. The molecule has 0 heterocycles. The van der Waals surface area contributed by atoms with Gasteiger partial charge in [-0.1, -0.05) is 30.3 Å². The average molecular weight is 248 g/mol. The first-order chi connectivity index (χ1) is 7.82. The van der Waals surface area contributed by atoms with Gasteiger partial charge in [-0.2, -0.15) is 17.6 Å². The zero-order valence-corrected chi connectivity index (χ0v) is 9.38. The quantitative estimate of drug-likeness (QED) is 0.572. The molecule has 0 saturated carbocycles. The summed E-state index contributed by atoms with van der Waals surface area (Å²) in [5.74, 6) is 0. The zero-order chi connectivity index (χ0) is 13.1. The highest BCUT2D eigenvalue weighted by atomic mass is 19.4. The lowest BCUT2D eigenvalue weighted by Crippen LogP contribution is -2.14. The number of benzene rings is 1. The molecule has 94 valence electrons. The van der Waals surface area contributed by atoms with Crippen LogP contribution in [0.1, 0.15) is 19.4 Å². The number of halogens is 4. The molecule has 0 radical (unpaired) electrons. The molecule has 0 unspecified atom stereocenters. The van der Waals surface area contributed by atoms with Gasteiger partial charge in [-0.3, -0.25) is 0 Å². The van der Waals surface area contributed by atoms with Crippen molar-refractivity contribution in [1.82, 2.24) is 0 Å². The van der Waals surface area contributed by atoms with E-state index in [-0.39, 0.29) is 5.56 Å². The predicted octanol–water partition coefficient (Wildman–Crippen LogP) is 4.31. The van der Waals surface area contributed by atoms with Gasteiger partial charge < -0.3 is 4.74 Å². The largest absolute Gasteiger partial charge is 0.468 e. The summed E-state index contributed by atoms with van der Waals surface area (Å²) in [7, 11) is 0. The minimum atomic E-state index is -4.79. The summed E-state index contributed by atoms with van der Waals surface area (Å²) in [6, 6.07) is 5.14. The molecule has 1 rings (SSSR count). The second kappa shape index (κ2) is 5.21. The van der Waals surface area contributed by atoms with E-state index in [4.69, 9.17) is 0 Å². The Labute approximate surface area is 96.7 Å². The van der Waals surface area contributed by atoms with Gasteiger partial charge in [0.2, 0.25) is 0 Å². The van der Waals surface area contributed by atoms with Gasteiger partial charge in [0, 0.05) is 0 Å². The van der Waals surface area contributed by atoms with Crippen molar-refractivity contribution in [3.8, 4) is 0 Å². The second-order valence-electron chi connectivity index (χ2n) is 3.68. The minimum absolute atomic E-state index is 0.252. The van der Waals surface area contributed by atoms with Crippen molar-refractivity contribution < 1.29 is 22.3 Å². The van der Waals surface area contributed by atoms with Crippen molar-refractivity contribution in [2.75, 3.05) is 0 Å². The Hall–Kier alpha value is -1.52. The van der Waals surface area contributed by atoms with Gasteiger partial charge in [0.15, 0.2) is 0 Å². The molecule has 0 aromatic heterocycles. The highest BCUT2D eigenvalue weighted by Gasteiger charge is 2.39. The molecule has 17 heavy (non-hydrogen) atoms. The van der Waals surface area contributed by atoms with E-state index >= 15 is 0 Å². The number of allylic oxidation sites excluding steroid dienone is 1. The van der Waals surface area contributed by atoms with Crippen LogP contribution in [0.3, 0.4) is 0 Å². The van der Waals surface area contributed by atoms with Crippen molar-refractivity contribution in [2.24, 2.45) is 0 Å². The maximum absolute atomic E-state index is 13.4. The van der Waals surface area contributed by atoms with E-state index in [1.165, 1.54) is 38.1 Å². The fourth-order valence-electron chi connectivity index (χ4n) is 1.26. The molecular formula is C12H12F4O. The van der Waals surface area contributed by atoms with Crippen LogP contribution in [0.25, 0.3) is 5.57 Å². The zero-order valence-electron chi connectivity index (χ0n) is 9.38. The van der Waals surface area contributed by atoms with Crippen molar-refractivity contribution in [3.63, 3.8) is 0 Å². The van der Waals surface area contributed by atoms with Crippen LogP contribution in [-0.4, -0.2) is 12.3 Å². The Kier molecular flexibility index (Phi) is 4.15. The summed E-state index contributed by atoms with van der Waals surface area (Å²) in [5, 5.41) is 0. The topological polar surface area (TPSA) is 9.23 Å². The minimum Gasteiger partial charge on any atom is -0.468 e. The molecule has 1 aromatic carbocycles. The summed E-state index contributed by atoms with van der Waals surface area (Å²) >= 11 is 0. The Morgan fingerprint density at radius 2 is 1.65 bits per heavy atom. The molecule has 0 fully saturated rings. The highest BCUT2D eigenvalue weighted by molar-refractivity contribution is 5.70. The monoisotopic (exact) mass is 248 g/mol. The summed E-state index contributed by atoms with van der Waals surface area (Å²) in [6.45, 7) is 2.91. The number of rotatable bonds is 3. The molecule has 1 nitrogen and oxygen atoms in total. The van der Waals surface area contributed by atoms with E-state index < -0.39 is 23.9 Å². The van der Waals surface area contributed by atoms with Crippen molar-refractivity contribution in [2.45, 2.75) is 26.1 Å². The molecule has 0 saturated heterocycles. The lowest BCUT2D eigenvalue weighted by Gasteiger charge is -2.15. The van der Waals surface area contributed by atoms with Crippen LogP contribution in [0.2, 0.25) is 0 Å². The van der Waals surface area contributed by atoms with Crippen molar-refractivity contribution in [3.05, 3.63) is 41.9 Å². The molecule has 0 aliphatic rings. The lowest BCUT2D eigenvalue weighted by atomic mass is 10.1. The summed E-state index contributed by atoms with van der Waals surface area (Å²) < 4.78 is 56.1. The third kappa shape index (κ3) is 3.76. The van der Waals surface area contributed by atoms with Gasteiger partial charge >= 0.3 is 6.18 Å². The summed E-state index contributed by atoms with van der Waals surface area (Å²) in [6.07, 6.45) is -5.45. The van der Waals surface area contributed by atoms with Gasteiger partial charge in [-0.15, -0.1) is 0 Å². The number of ether oxygens (including phenoxy) is 1. The van der Waals surface area contributed by atoms with Crippen LogP contribution in [0.5, 0.6) is 0 Å². The molecule has 5 heteroatoms. The summed E-state index contributed by atoms with van der Waals surface area (Å²) in [5.41, 5.74) is -1.63. The number of alkyl halides is 3. The van der Waals surface area contributed by atoms with Gasteiger partial charge in [-0.25, -0.2) is 0 Å². The third-order valence-corrected chi connectivity index (χ3v) is 1.88. The normalized spacial score (nSPS) is 13.6. The molecular weight excluding hydrogens is 236 g/mol. The molecule has 0 aliphatic heterocycles. The third-order valence-electron chi connectivity index (χ3n) is 1.88. The summed E-state index contributed by atoms with van der Waals surface area (Å²) in [4.78, 5) is 0. The van der Waals surface area contributed by atoms with Crippen LogP contribution in [0.15, 0.2) is 36.3 Å². The van der Waals surface area contributed by atoms with E-state index in [0.717, 1.165) is 0 Å².